The molecule has 0 saturated carbocycles. The van der Waals surface area contributed by atoms with Gasteiger partial charge >= 0.3 is 0 Å². The number of piperidine rings is 1. The minimum Gasteiger partial charge on any atom is -0.396 e. The molecule has 2 aliphatic heterocycles. The number of aliphatic hydroxyl groups excluding tert-OH is 1. The summed E-state index contributed by atoms with van der Waals surface area (Å²) >= 11 is 1.58. The zero-order valence-electron chi connectivity index (χ0n) is 14.6. The second-order valence-corrected chi connectivity index (χ2v) is 7.86. The summed E-state index contributed by atoms with van der Waals surface area (Å²) in [5.74, 6) is 0.638. The molecule has 0 radical (unpaired) electrons. The lowest BCUT2D eigenvalue weighted by Crippen LogP contribution is -2.56. The summed E-state index contributed by atoms with van der Waals surface area (Å²) in [6, 6.07) is 2.47. The largest absolute Gasteiger partial charge is 0.396 e. The Balaban J connectivity index is 1.65. The van der Waals surface area contributed by atoms with Gasteiger partial charge in [0.05, 0.1) is 5.56 Å². The van der Waals surface area contributed by atoms with Gasteiger partial charge in [-0.3, -0.25) is 9.69 Å². The summed E-state index contributed by atoms with van der Waals surface area (Å²) in [4.78, 5) is 19.7. The van der Waals surface area contributed by atoms with Gasteiger partial charge in [0, 0.05) is 57.3 Å². The number of likely N-dealkylation sites (N-methyl/N-ethyl adjacent to an activating group) is 1. The molecule has 134 valence electrons. The number of nitrogens with zero attached hydrogens (tertiary/aromatic N) is 3. The summed E-state index contributed by atoms with van der Waals surface area (Å²) in [5.41, 5.74) is 0.818. The van der Waals surface area contributed by atoms with Gasteiger partial charge in [-0.25, -0.2) is 0 Å². The minimum absolute atomic E-state index is 0.169. The first-order chi connectivity index (χ1) is 11.7. The van der Waals surface area contributed by atoms with Crippen molar-refractivity contribution in [2.24, 2.45) is 5.92 Å². The van der Waals surface area contributed by atoms with E-state index in [0.717, 1.165) is 64.1 Å². The maximum Gasteiger partial charge on any atom is 0.254 e. The molecule has 0 aliphatic carbocycles. The fourth-order valence-corrected chi connectivity index (χ4v) is 4.67. The van der Waals surface area contributed by atoms with Gasteiger partial charge in [-0.1, -0.05) is 0 Å². The maximum absolute atomic E-state index is 12.7. The van der Waals surface area contributed by atoms with Crippen molar-refractivity contribution in [3.63, 3.8) is 0 Å². The van der Waals surface area contributed by atoms with E-state index >= 15 is 0 Å². The Morgan fingerprint density at radius 1 is 1.29 bits per heavy atom. The molecule has 0 unspecified atom stereocenters. The van der Waals surface area contributed by atoms with Crippen LogP contribution in [-0.2, 0) is 0 Å². The van der Waals surface area contributed by atoms with Crippen LogP contribution in [-0.4, -0.2) is 84.7 Å². The average molecular weight is 352 g/mol. The predicted octanol–water partition coefficient (Wildman–Crippen LogP) is 1.60. The highest BCUT2D eigenvalue weighted by Gasteiger charge is 2.35. The zero-order chi connectivity index (χ0) is 16.9. The molecule has 6 heteroatoms. The first-order valence-corrected chi connectivity index (χ1v) is 9.98. The third-order valence-corrected chi connectivity index (χ3v) is 6.17. The number of carbonyl (C=O) groups excluding carboxylic acids is 1. The molecule has 3 rings (SSSR count). The standard InChI is InChI=1S/C18H29N3O2S/c1-19-7-9-20(10-8-19)17-4-6-21(13-15(17)3-2-11-22)18(23)16-5-12-24-14-16/h5,12,14-15,17,22H,2-4,6-11,13H2,1H3/t15-,17+/m0/s1. The van der Waals surface area contributed by atoms with Gasteiger partial charge < -0.3 is 14.9 Å². The molecule has 2 fully saturated rings. The van der Waals surface area contributed by atoms with Crippen LogP contribution in [0.2, 0.25) is 0 Å². The van der Waals surface area contributed by atoms with E-state index in [9.17, 15) is 9.90 Å². The van der Waals surface area contributed by atoms with Crippen molar-refractivity contribution in [2.75, 3.05) is 52.9 Å². The first kappa shape index (κ1) is 17.9. The van der Waals surface area contributed by atoms with E-state index in [0.29, 0.717) is 12.0 Å². The Hall–Kier alpha value is -0.950. The number of rotatable bonds is 5. The summed E-state index contributed by atoms with van der Waals surface area (Å²) in [6.07, 6.45) is 2.88. The van der Waals surface area contributed by atoms with Crippen LogP contribution in [0.3, 0.4) is 0 Å². The molecule has 5 nitrogen and oxygen atoms in total. The quantitative estimate of drug-likeness (QED) is 0.875. The van der Waals surface area contributed by atoms with E-state index < -0.39 is 0 Å². The van der Waals surface area contributed by atoms with E-state index in [1.165, 1.54) is 0 Å². The van der Waals surface area contributed by atoms with Gasteiger partial charge in [0.2, 0.25) is 0 Å². The summed E-state index contributed by atoms with van der Waals surface area (Å²) < 4.78 is 0. The van der Waals surface area contributed by atoms with Crippen molar-refractivity contribution in [3.8, 4) is 0 Å². The van der Waals surface area contributed by atoms with Gasteiger partial charge in [-0.2, -0.15) is 11.3 Å². The number of aliphatic hydroxyl groups is 1. The Morgan fingerprint density at radius 3 is 2.75 bits per heavy atom. The number of carbonyl (C=O) groups is 1. The van der Waals surface area contributed by atoms with Crippen LogP contribution in [0.4, 0.5) is 0 Å². The first-order valence-electron chi connectivity index (χ1n) is 9.04. The monoisotopic (exact) mass is 351 g/mol. The molecule has 24 heavy (non-hydrogen) atoms. The molecule has 2 atom stereocenters. The van der Waals surface area contributed by atoms with Crippen molar-refractivity contribution >= 4 is 17.2 Å². The molecular weight excluding hydrogens is 322 g/mol. The number of hydrogen-bond acceptors (Lipinski definition) is 5. The molecule has 1 amide bonds. The fraction of sp³-hybridized carbons (Fsp3) is 0.722. The zero-order valence-corrected chi connectivity index (χ0v) is 15.4. The highest BCUT2D eigenvalue weighted by molar-refractivity contribution is 7.08. The highest BCUT2D eigenvalue weighted by Crippen LogP contribution is 2.28. The highest BCUT2D eigenvalue weighted by atomic mass is 32.1. The summed E-state index contributed by atoms with van der Waals surface area (Å²) in [5, 5.41) is 13.2. The van der Waals surface area contributed by atoms with Crippen LogP contribution in [0.25, 0.3) is 0 Å². The van der Waals surface area contributed by atoms with E-state index in [1.54, 1.807) is 11.3 Å². The number of likely N-dealkylation sites (tertiary alicyclic amines) is 1. The van der Waals surface area contributed by atoms with Crippen molar-refractivity contribution in [3.05, 3.63) is 22.4 Å². The Labute approximate surface area is 148 Å². The van der Waals surface area contributed by atoms with Crippen LogP contribution in [0.5, 0.6) is 0 Å². The second kappa shape index (κ2) is 8.43. The van der Waals surface area contributed by atoms with E-state index in [1.807, 2.05) is 21.7 Å². The molecule has 1 aromatic rings. The van der Waals surface area contributed by atoms with E-state index in [2.05, 4.69) is 16.8 Å². The summed E-state index contributed by atoms with van der Waals surface area (Å²) in [6.45, 7) is 6.41. The Bertz CT molecular complexity index is 514. The molecule has 0 aromatic carbocycles. The molecule has 2 aliphatic rings. The van der Waals surface area contributed by atoms with Gasteiger partial charge in [0.1, 0.15) is 0 Å². The molecule has 1 aromatic heterocycles. The van der Waals surface area contributed by atoms with Gasteiger partial charge in [0.15, 0.2) is 0 Å². The molecular formula is C18H29N3O2S. The van der Waals surface area contributed by atoms with Crippen LogP contribution < -0.4 is 0 Å². The Morgan fingerprint density at radius 2 is 2.08 bits per heavy atom. The fourth-order valence-electron chi connectivity index (χ4n) is 4.04. The number of amides is 1. The Kier molecular flexibility index (Phi) is 6.27. The maximum atomic E-state index is 12.7. The molecule has 2 saturated heterocycles. The number of piperazine rings is 1. The SMILES string of the molecule is CN1CCN([C@@H]2CCN(C(=O)c3ccsc3)C[C@@H]2CCCO)CC1. The third kappa shape index (κ3) is 4.17. The van der Waals surface area contributed by atoms with Crippen molar-refractivity contribution in [2.45, 2.75) is 25.3 Å². The topological polar surface area (TPSA) is 47.0 Å². The van der Waals surface area contributed by atoms with E-state index in [4.69, 9.17) is 0 Å². The minimum atomic E-state index is 0.169. The van der Waals surface area contributed by atoms with Crippen molar-refractivity contribution in [1.82, 2.24) is 14.7 Å². The smallest absolute Gasteiger partial charge is 0.254 e. The van der Waals surface area contributed by atoms with E-state index in [-0.39, 0.29) is 12.5 Å². The lowest BCUT2D eigenvalue weighted by atomic mass is 9.86. The molecule has 0 bridgehead atoms. The second-order valence-electron chi connectivity index (χ2n) is 7.08. The molecule has 1 N–H and O–H groups in total. The lowest BCUT2D eigenvalue weighted by molar-refractivity contribution is 0.0218. The van der Waals surface area contributed by atoms with Gasteiger partial charge in [-0.15, -0.1) is 0 Å². The average Bonchev–Trinajstić information content (AvgIpc) is 3.14. The van der Waals surface area contributed by atoms with Crippen LogP contribution >= 0.6 is 11.3 Å². The normalized spacial score (nSPS) is 26.7. The van der Waals surface area contributed by atoms with Crippen molar-refractivity contribution < 1.29 is 9.90 Å². The van der Waals surface area contributed by atoms with Crippen LogP contribution in [0.15, 0.2) is 16.8 Å². The number of thiophene rings is 1. The lowest BCUT2D eigenvalue weighted by Gasteiger charge is -2.46. The van der Waals surface area contributed by atoms with Crippen molar-refractivity contribution in [1.29, 1.82) is 0 Å². The number of hydrogen-bond donors (Lipinski definition) is 1. The summed E-state index contributed by atoms with van der Waals surface area (Å²) in [7, 11) is 2.18. The predicted molar refractivity (Wildman–Crippen MR) is 97.5 cm³/mol. The van der Waals surface area contributed by atoms with Crippen LogP contribution in [0, 0.1) is 5.92 Å². The molecule has 3 heterocycles. The van der Waals surface area contributed by atoms with Gasteiger partial charge in [-0.05, 0) is 43.7 Å². The van der Waals surface area contributed by atoms with Crippen LogP contribution in [0.1, 0.15) is 29.6 Å². The van der Waals surface area contributed by atoms with Gasteiger partial charge in [0.25, 0.3) is 5.91 Å². The molecule has 0 spiro atoms. The third-order valence-electron chi connectivity index (χ3n) is 5.49.